The molecule has 0 fully saturated rings. The van der Waals surface area contributed by atoms with Gasteiger partial charge in [0.15, 0.2) is 0 Å². The second-order valence-electron chi connectivity index (χ2n) is 3.72. The topological polar surface area (TPSA) is 98.0 Å². The lowest BCUT2D eigenvalue weighted by Crippen LogP contribution is -2.13. The predicted molar refractivity (Wildman–Crippen MR) is 68.6 cm³/mol. The normalized spacial score (nSPS) is 10.1. The van der Waals surface area contributed by atoms with E-state index in [1.807, 2.05) is 0 Å². The lowest BCUT2D eigenvalue weighted by Gasteiger charge is -2.08. The van der Waals surface area contributed by atoms with Crippen molar-refractivity contribution in [3.05, 3.63) is 29.6 Å². The highest BCUT2D eigenvalue weighted by molar-refractivity contribution is 5.55. The number of hydrogen-bond acceptors (Lipinski definition) is 7. The molecule has 0 aliphatic rings. The Morgan fingerprint density at radius 2 is 1.95 bits per heavy atom. The van der Waals surface area contributed by atoms with E-state index in [9.17, 15) is 4.39 Å². The number of methoxy groups -OCH3 is 1. The summed E-state index contributed by atoms with van der Waals surface area (Å²) in [6.07, 6.45) is 0. The van der Waals surface area contributed by atoms with E-state index in [1.165, 1.54) is 13.2 Å². The Kier molecular flexibility index (Phi) is 3.71. The molecule has 8 heteroatoms. The number of aromatic nitrogens is 3. The SMILES string of the molecule is COc1nc(NN)nc(Nc2ccc(C)cc2F)n1. The molecule has 1 heterocycles. The zero-order chi connectivity index (χ0) is 13.8. The second-order valence-corrected chi connectivity index (χ2v) is 3.72. The number of rotatable bonds is 4. The van der Waals surface area contributed by atoms with Gasteiger partial charge in [0.1, 0.15) is 5.82 Å². The van der Waals surface area contributed by atoms with Crippen LogP contribution in [-0.4, -0.2) is 22.1 Å². The number of nitrogens with zero attached hydrogens (tertiary/aromatic N) is 3. The second kappa shape index (κ2) is 5.44. The highest BCUT2D eigenvalue weighted by Gasteiger charge is 2.08. The molecule has 0 bridgehead atoms. The van der Waals surface area contributed by atoms with Crippen LogP contribution in [0.2, 0.25) is 0 Å². The van der Waals surface area contributed by atoms with Gasteiger partial charge in [-0.2, -0.15) is 15.0 Å². The number of nitrogens with two attached hydrogens (primary N) is 1. The maximum Gasteiger partial charge on any atom is 0.322 e. The van der Waals surface area contributed by atoms with Crippen molar-refractivity contribution in [3.8, 4) is 6.01 Å². The third-order valence-electron chi connectivity index (χ3n) is 2.30. The Morgan fingerprint density at radius 3 is 2.58 bits per heavy atom. The molecular formula is C11H13FN6O. The van der Waals surface area contributed by atoms with Crippen LogP contribution >= 0.6 is 0 Å². The first kappa shape index (κ1) is 13.0. The minimum Gasteiger partial charge on any atom is -0.467 e. The van der Waals surface area contributed by atoms with Crippen molar-refractivity contribution in [1.82, 2.24) is 15.0 Å². The average Bonchev–Trinajstić information content (AvgIpc) is 2.41. The van der Waals surface area contributed by atoms with Gasteiger partial charge in [-0.25, -0.2) is 10.2 Å². The summed E-state index contributed by atoms with van der Waals surface area (Å²) in [5.74, 6) is 5.06. The number of hydrazine groups is 1. The Bertz CT molecular complexity index is 569. The highest BCUT2D eigenvalue weighted by atomic mass is 19.1. The summed E-state index contributed by atoms with van der Waals surface area (Å²) in [5.41, 5.74) is 3.35. The fourth-order valence-electron chi connectivity index (χ4n) is 1.41. The zero-order valence-electron chi connectivity index (χ0n) is 10.4. The molecule has 2 aromatic rings. The molecule has 4 N–H and O–H groups in total. The number of nitrogen functional groups attached to an aromatic ring is 1. The van der Waals surface area contributed by atoms with Gasteiger partial charge in [-0.3, -0.25) is 5.43 Å². The van der Waals surface area contributed by atoms with Gasteiger partial charge >= 0.3 is 6.01 Å². The number of aryl methyl sites for hydroxylation is 1. The molecule has 0 aliphatic heterocycles. The van der Waals surface area contributed by atoms with E-state index in [2.05, 4.69) is 25.7 Å². The third-order valence-corrected chi connectivity index (χ3v) is 2.30. The summed E-state index contributed by atoms with van der Waals surface area (Å²) in [6, 6.07) is 4.84. The van der Waals surface area contributed by atoms with E-state index < -0.39 is 5.82 Å². The minimum atomic E-state index is -0.401. The number of ether oxygens (including phenoxy) is 1. The molecule has 19 heavy (non-hydrogen) atoms. The van der Waals surface area contributed by atoms with Crippen molar-refractivity contribution in [1.29, 1.82) is 0 Å². The van der Waals surface area contributed by atoms with E-state index in [0.29, 0.717) is 0 Å². The first-order valence-corrected chi connectivity index (χ1v) is 5.42. The van der Waals surface area contributed by atoms with E-state index in [1.54, 1.807) is 19.1 Å². The van der Waals surface area contributed by atoms with Crippen LogP contribution in [0.4, 0.5) is 22.0 Å². The Morgan fingerprint density at radius 1 is 1.21 bits per heavy atom. The first-order valence-electron chi connectivity index (χ1n) is 5.42. The molecular weight excluding hydrogens is 251 g/mol. The third kappa shape index (κ3) is 3.05. The van der Waals surface area contributed by atoms with Gasteiger partial charge in [-0.15, -0.1) is 0 Å². The molecule has 0 radical (unpaired) electrons. The molecule has 0 atom stereocenters. The van der Waals surface area contributed by atoms with Gasteiger partial charge in [0, 0.05) is 0 Å². The predicted octanol–water partition coefficient (Wildman–Crippen LogP) is 1.36. The first-order chi connectivity index (χ1) is 9.12. The van der Waals surface area contributed by atoms with Crippen molar-refractivity contribution < 1.29 is 9.13 Å². The van der Waals surface area contributed by atoms with Crippen LogP contribution in [0.25, 0.3) is 0 Å². The van der Waals surface area contributed by atoms with Gasteiger partial charge < -0.3 is 10.1 Å². The van der Waals surface area contributed by atoms with Gasteiger partial charge in [-0.1, -0.05) is 6.07 Å². The molecule has 100 valence electrons. The quantitative estimate of drug-likeness (QED) is 0.566. The van der Waals surface area contributed by atoms with E-state index in [-0.39, 0.29) is 23.6 Å². The molecule has 2 rings (SSSR count). The van der Waals surface area contributed by atoms with Gasteiger partial charge in [0.05, 0.1) is 12.8 Å². The minimum absolute atomic E-state index is 0.0676. The summed E-state index contributed by atoms with van der Waals surface area (Å²) < 4.78 is 18.6. The van der Waals surface area contributed by atoms with Crippen molar-refractivity contribution in [3.63, 3.8) is 0 Å². The summed E-state index contributed by atoms with van der Waals surface area (Å²) in [4.78, 5) is 11.7. The summed E-state index contributed by atoms with van der Waals surface area (Å²) in [7, 11) is 1.41. The number of hydrogen-bond donors (Lipinski definition) is 3. The van der Waals surface area contributed by atoms with Crippen molar-refractivity contribution in [2.75, 3.05) is 17.9 Å². The highest BCUT2D eigenvalue weighted by Crippen LogP contribution is 2.20. The maximum absolute atomic E-state index is 13.7. The van der Waals surface area contributed by atoms with E-state index in [4.69, 9.17) is 10.6 Å². The van der Waals surface area contributed by atoms with Gasteiger partial charge in [-0.05, 0) is 24.6 Å². The monoisotopic (exact) mass is 264 g/mol. The van der Waals surface area contributed by atoms with Crippen LogP contribution in [0.5, 0.6) is 6.01 Å². The standard InChI is InChI=1S/C11H13FN6O/c1-6-3-4-8(7(12)5-6)14-9-15-10(18-13)17-11(16-9)19-2/h3-5H,13H2,1-2H3,(H2,14,15,16,17,18). The molecule has 7 nitrogen and oxygen atoms in total. The van der Waals surface area contributed by atoms with Crippen LogP contribution in [0.15, 0.2) is 18.2 Å². The average molecular weight is 264 g/mol. The Hall–Kier alpha value is -2.48. The summed E-state index contributed by atoms with van der Waals surface area (Å²) in [6.45, 7) is 1.80. The number of halogens is 1. The largest absolute Gasteiger partial charge is 0.467 e. The molecule has 0 spiro atoms. The number of benzene rings is 1. The molecule has 0 saturated heterocycles. The fourth-order valence-corrected chi connectivity index (χ4v) is 1.41. The fraction of sp³-hybridized carbons (Fsp3) is 0.182. The Balaban J connectivity index is 2.31. The lowest BCUT2D eigenvalue weighted by molar-refractivity contribution is 0.379. The van der Waals surface area contributed by atoms with Gasteiger partial charge in [0.2, 0.25) is 11.9 Å². The van der Waals surface area contributed by atoms with Crippen LogP contribution in [0.3, 0.4) is 0 Å². The molecule has 0 saturated carbocycles. The molecule has 1 aromatic carbocycles. The molecule has 1 aromatic heterocycles. The molecule has 0 aliphatic carbocycles. The molecule has 0 unspecified atom stereocenters. The zero-order valence-corrected chi connectivity index (χ0v) is 10.4. The number of nitrogens with one attached hydrogen (secondary N) is 2. The Labute approximate surface area is 109 Å². The van der Waals surface area contributed by atoms with Crippen LogP contribution in [-0.2, 0) is 0 Å². The lowest BCUT2D eigenvalue weighted by atomic mass is 10.2. The maximum atomic E-state index is 13.7. The van der Waals surface area contributed by atoms with E-state index >= 15 is 0 Å². The van der Waals surface area contributed by atoms with Gasteiger partial charge in [0.25, 0.3) is 0 Å². The van der Waals surface area contributed by atoms with Crippen LogP contribution in [0, 0.1) is 12.7 Å². The smallest absolute Gasteiger partial charge is 0.322 e. The summed E-state index contributed by atoms with van der Waals surface area (Å²) >= 11 is 0. The van der Waals surface area contributed by atoms with Crippen LogP contribution < -0.4 is 21.3 Å². The van der Waals surface area contributed by atoms with Crippen LogP contribution in [0.1, 0.15) is 5.56 Å². The van der Waals surface area contributed by atoms with Crippen molar-refractivity contribution >= 4 is 17.6 Å². The van der Waals surface area contributed by atoms with E-state index in [0.717, 1.165) is 5.56 Å². The summed E-state index contributed by atoms with van der Waals surface area (Å²) in [5, 5.41) is 2.74. The van der Waals surface area contributed by atoms with Crippen molar-refractivity contribution in [2.24, 2.45) is 5.84 Å². The molecule has 0 amide bonds. The number of anilines is 3. The van der Waals surface area contributed by atoms with Crippen molar-refractivity contribution in [2.45, 2.75) is 6.92 Å².